The van der Waals surface area contributed by atoms with E-state index in [9.17, 15) is 4.79 Å². The van der Waals surface area contributed by atoms with E-state index in [2.05, 4.69) is 24.2 Å². The Kier molecular flexibility index (Phi) is 4.50. The van der Waals surface area contributed by atoms with E-state index in [4.69, 9.17) is 0 Å². The third-order valence-electron chi connectivity index (χ3n) is 4.10. The zero-order valence-electron chi connectivity index (χ0n) is 11.4. The van der Waals surface area contributed by atoms with E-state index in [0.29, 0.717) is 5.69 Å². The maximum atomic E-state index is 12.5. The second-order valence-corrected chi connectivity index (χ2v) is 5.33. The SMILES string of the molecule is CCCn1nncc1C(=O)C1CCC(CC)CC1. The summed E-state index contributed by atoms with van der Waals surface area (Å²) < 4.78 is 1.76. The predicted octanol–water partition coefficient (Wildman–Crippen LogP) is 3.09. The van der Waals surface area contributed by atoms with Gasteiger partial charge in [0.05, 0.1) is 6.20 Å². The minimum Gasteiger partial charge on any atom is -0.292 e. The Labute approximate surface area is 109 Å². The van der Waals surface area contributed by atoms with E-state index in [0.717, 1.165) is 31.7 Å². The van der Waals surface area contributed by atoms with Gasteiger partial charge in [-0.15, -0.1) is 5.10 Å². The Balaban J connectivity index is 2.01. The van der Waals surface area contributed by atoms with Crippen molar-refractivity contribution in [2.75, 3.05) is 0 Å². The van der Waals surface area contributed by atoms with Crippen molar-refractivity contribution in [3.63, 3.8) is 0 Å². The Hall–Kier alpha value is -1.19. The molecule has 0 spiro atoms. The molecule has 1 fully saturated rings. The highest BCUT2D eigenvalue weighted by atomic mass is 16.1. The van der Waals surface area contributed by atoms with Crippen LogP contribution in [-0.2, 0) is 6.54 Å². The molecular weight excluding hydrogens is 226 g/mol. The molecule has 1 aromatic heterocycles. The van der Waals surface area contributed by atoms with Crippen LogP contribution in [0.5, 0.6) is 0 Å². The highest BCUT2D eigenvalue weighted by Gasteiger charge is 2.28. The first-order valence-electron chi connectivity index (χ1n) is 7.18. The van der Waals surface area contributed by atoms with Crippen LogP contribution in [0.1, 0.15) is 62.9 Å². The molecule has 0 radical (unpaired) electrons. The highest BCUT2D eigenvalue weighted by molar-refractivity contribution is 5.96. The number of carbonyl (C=O) groups excluding carboxylic acids is 1. The van der Waals surface area contributed by atoms with Crippen molar-refractivity contribution in [2.24, 2.45) is 11.8 Å². The summed E-state index contributed by atoms with van der Waals surface area (Å²) in [6.07, 6.45) is 8.32. The number of hydrogen-bond acceptors (Lipinski definition) is 3. The number of nitrogens with zero attached hydrogens (tertiary/aromatic N) is 3. The van der Waals surface area contributed by atoms with Crippen molar-refractivity contribution in [1.29, 1.82) is 0 Å². The summed E-state index contributed by atoms with van der Waals surface area (Å²) in [4.78, 5) is 12.5. The zero-order valence-corrected chi connectivity index (χ0v) is 11.4. The van der Waals surface area contributed by atoms with Gasteiger partial charge in [0.1, 0.15) is 5.69 Å². The third kappa shape index (κ3) is 2.79. The smallest absolute Gasteiger partial charge is 0.185 e. The second kappa shape index (κ2) is 6.12. The van der Waals surface area contributed by atoms with E-state index < -0.39 is 0 Å². The van der Waals surface area contributed by atoms with Crippen molar-refractivity contribution < 1.29 is 4.79 Å². The monoisotopic (exact) mass is 249 g/mol. The van der Waals surface area contributed by atoms with Gasteiger partial charge in [-0.1, -0.05) is 25.5 Å². The summed E-state index contributed by atoms with van der Waals surface area (Å²) in [5.74, 6) is 1.28. The van der Waals surface area contributed by atoms with Crippen LogP contribution in [0.3, 0.4) is 0 Å². The van der Waals surface area contributed by atoms with Crippen molar-refractivity contribution in [3.8, 4) is 0 Å². The van der Waals surface area contributed by atoms with Gasteiger partial charge in [0.15, 0.2) is 5.78 Å². The van der Waals surface area contributed by atoms with Gasteiger partial charge in [-0.2, -0.15) is 0 Å². The summed E-state index contributed by atoms with van der Waals surface area (Å²) in [6.45, 7) is 5.11. The van der Waals surface area contributed by atoms with Crippen LogP contribution in [-0.4, -0.2) is 20.8 Å². The molecule has 1 aliphatic carbocycles. The van der Waals surface area contributed by atoms with E-state index >= 15 is 0 Å². The summed E-state index contributed by atoms with van der Waals surface area (Å²) in [7, 11) is 0. The van der Waals surface area contributed by atoms with Gasteiger partial charge in [-0.05, 0) is 38.0 Å². The third-order valence-corrected chi connectivity index (χ3v) is 4.10. The molecule has 4 nitrogen and oxygen atoms in total. The maximum Gasteiger partial charge on any atom is 0.185 e. The number of aromatic nitrogens is 3. The Morgan fingerprint density at radius 3 is 2.67 bits per heavy atom. The topological polar surface area (TPSA) is 47.8 Å². The predicted molar refractivity (Wildman–Crippen MR) is 70.4 cm³/mol. The molecule has 0 atom stereocenters. The van der Waals surface area contributed by atoms with Crippen molar-refractivity contribution >= 4 is 5.78 Å². The molecule has 0 amide bonds. The summed E-state index contributed by atoms with van der Waals surface area (Å²) in [5, 5.41) is 7.88. The van der Waals surface area contributed by atoms with E-state index in [-0.39, 0.29) is 11.7 Å². The molecule has 2 rings (SSSR count). The second-order valence-electron chi connectivity index (χ2n) is 5.33. The van der Waals surface area contributed by atoms with E-state index in [1.807, 2.05) is 0 Å². The lowest BCUT2D eigenvalue weighted by atomic mass is 9.78. The summed E-state index contributed by atoms with van der Waals surface area (Å²) in [6, 6.07) is 0. The molecule has 1 heterocycles. The average Bonchev–Trinajstić information content (AvgIpc) is 2.87. The van der Waals surface area contributed by atoms with Crippen molar-refractivity contribution in [3.05, 3.63) is 11.9 Å². The Bertz CT molecular complexity index is 391. The van der Waals surface area contributed by atoms with E-state index in [1.54, 1.807) is 10.9 Å². The first-order chi connectivity index (χ1) is 8.76. The number of rotatable bonds is 5. The Morgan fingerprint density at radius 2 is 2.06 bits per heavy atom. The average molecular weight is 249 g/mol. The van der Waals surface area contributed by atoms with Gasteiger partial charge < -0.3 is 0 Å². The number of Topliss-reactive ketones (excluding diaryl/α,β-unsaturated/α-hetero) is 1. The van der Waals surface area contributed by atoms with Crippen LogP contribution in [0.2, 0.25) is 0 Å². The molecule has 0 N–H and O–H groups in total. The molecule has 100 valence electrons. The number of aryl methyl sites for hydroxylation is 1. The minimum atomic E-state index is 0.196. The molecule has 1 aliphatic rings. The van der Waals surface area contributed by atoms with Crippen LogP contribution in [0.4, 0.5) is 0 Å². The molecule has 0 saturated heterocycles. The highest BCUT2D eigenvalue weighted by Crippen LogP contribution is 2.32. The molecule has 0 aliphatic heterocycles. The van der Waals surface area contributed by atoms with Gasteiger partial charge in [-0.25, -0.2) is 4.68 Å². The quantitative estimate of drug-likeness (QED) is 0.753. The summed E-state index contributed by atoms with van der Waals surface area (Å²) in [5.41, 5.74) is 0.705. The number of hydrogen-bond donors (Lipinski definition) is 0. The van der Waals surface area contributed by atoms with Crippen LogP contribution in [0.15, 0.2) is 6.20 Å². The number of carbonyl (C=O) groups is 1. The lowest BCUT2D eigenvalue weighted by Crippen LogP contribution is -2.24. The molecule has 1 aromatic rings. The number of ketones is 1. The standard InChI is InChI=1S/C14H23N3O/c1-3-9-17-13(10-15-16-17)14(18)12-7-5-11(4-2)6-8-12/h10-12H,3-9H2,1-2H3. The van der Waals surface area contributed by atoms with Crippen molar-refractivity contribution in [1.82, 2.24) is 15.0 Å². The fraction of sp³-hybridized carbons (Fsp3) is 0.786. The van der Waals surface area contributed by atoms with E-state index in [1.165, 1.54) is 19.3 Å². The lowest BCUT2D eigenvalue weighted by molar-refractivity contribution is 0.0859. The minimum absolute atomic E-state index is 0.196. The first kappa shape index (κ1) is 13.2. The van der Waals surface area contributed by atoms with Crippen LogP contribution in [0, 0.1) is 11.8 Å². The van der Waals surface area contributed by atoms with Gasteiger partial charge >= 0.3 is 0 Å². The van der Waals surface area contributed by atoms with Crippen LogP contribution >= 0.6 is 0 Å². The fourth-order valence-electron chi connectivity index (χ4n) is 2.87. The molecule has 1 saturated carbocycles. The van der Waals surface area contributed by atoms with Crippen molar-refractivity contribution in [2.45, 2.75) is 58.9 Å². The zero-order chi connectivity index (χ0) is 13.0. The van der Waals surface area contributed by atoms with Gasteiger partial charge in [0, 0.05) is 12.5 Å². The lowest BCUT2D eigenvalue weighted by Gasteiger charge is -2.26. The van der Waals surface area contributed by atoms with Crippen LogP contribution < -0.4 is 0 Å². The van der Waals surface area contributed by atoms with Gasteiger partial charge in [0.25, 0.3) is 0 Å². The van der Waals surface area contributed by atoms with Crippen LogP contribution in [0.25, 0.3) is 0 Å². The molecule has 0 unspecified atom stereocenters. The largest absolute Gasteiger partial charge is 0.292 e. The van der Waals surface area contributed by atoms with Gasteiger partial charge in [0.2, 0.25) is 0 Å². The maximum absolute atomic E-state index is 12.5. The first-order valence-corrected chi connectivity index (χ1v) is 7.18. The molecule has 0 bridgehead atoms. The fourth-order valence-corrected chi connectivity index (χ4v) is 2.87. The molecule has 4 heteroatoms. The Morgan fingerprint density at radius 1 is 1.33 bits per heavy atom. The molecule has 18 heavy (non-hydrogen) atoms. The molecular formula is C14H23N3O. The molecule has 0 aromatic carbocycles. The summed E-state index contributed by atoms with van der Waals surface area (Å²) >= 11 is 0. The normalized spacial score (nSPS) is 24.1. The van der Waals surface area contributed by atoms with Gasteiger partial charge in [-0.3, -0.25) is 4.79 Å².